The first-order valence-electron chi connectivity index (χ1n) is 8.93. The van der Waals surface area contributed by atoms with E-state index in [4.69, 9.17) is 23.2 Å². The zero-order chi connectivity index (χ0) is 20.5. The summed E-state index contributed by atoms with van der Waals surface area (Å²) in [6, 6.07) is 21.1. The van der Waals surface area contributed by atoms with Gasteiger partial charge in [-0.15, -0.1) is 0 Å². The molecule has 0 atom stereocenters. The largest absolute Gasteiger partial charge is 0.350 e. The Balaban J connectivity index is 1.84. The lowest BCUT2D eigenvalue weighted by Crippen LogP contribution is -2.32. The molecule has 3 aromatic carbocycles. The predicted octanol–water partition coefficient (Wildman–Crippen LogP) is 5.70. The van der Waals surface area contributed by atoms with Crippen molar-refractivity contribution in [1.82, 2.24) is 0 Å². The Labute approximate surface area is 178 Å². The molecule has 3 aromatic rings. The third-order valence-corrected chi connectivity index (χ3v) is 5.42. The topological polar surface area (TPSA) is 49.4 Å². The number of rotatable bonds is 4. The summed E-state index contributed by atoms with van der Waals surface area (Å²) in [7, 11) is 0. The Hall–Kier alpha value is -3.08. The summed E-state index contributed by atoms with van der Waals surface area (Å²) < 4.78 is 0. The molecule has 144 valence electrons. The average molecular weight is 423 g/mol. The minimum absolute atomic E-state index is 0.210. The van der Waals surface area contributed by atoms with Gasteiger partial charge in [0, 0.05) is 15.7 Å². The molecule has 0 saturated carbocycles. The van der Waals surface area contributed by atoms with E-state index in [1.165, 1.54) is 0 Å². The molecule has 29 heavy (non-hydrogen) atoms. The Morgan fingerprint density at radius 3 is 2.17 bits per heavy atom. The summed E-state index contributed by atoms with van der Waals surface area (Å²) in [4.78, 5) is 27.8. The molecule has 0 aliphatic carbocycles. The van der Waals surface area contributed by atoms with Crippen LogP contribution in [0.25, 0.3) is 5.57 Å². The van der Waals surface area contributed by atoms with E-state index in [9.17, 15) is 9.59 Å². The van der Waals surface area contributed by atoms with Gasteiger partial charge in [0.1, 0.15) is 5.70 Å². The third-order valence-electron chi connectivity index (χ3n) is 4.76. The molecule has 0 fully saturated rings. The van der Waals surface area contributed by atoms with Gasteiger partial charge in [0.25, 0.3) is 11.8 Å². The molecule has 0 aromatic heterocycles. The fourth-order valence-corrected chi connectivity index (χ4v) is 3.52. The quantitative estimate of drug-likeness (QED) is 0.548. The van der Waals surface area contributed by atoms with Crippen LogP contribution < -0.4 is 10.2 Å². The van der Waals surface area contributed by atoms with Crippen molar-refractivity contribution >= 4 is 52.0 Å². The Kier molecular flexibility index (Phi) is 5.14. The number of imide groups is 1. The second kappa shape index (κ2) is 7.74. The number of hydrogen-bond acceptors (Lipinski definition) is 3. The monoisotopic (exact) mass is 422 g/mol. The van der Waals surface area contributed by atoms with Gasteiger partial charge in [-0.25, -0.2) is 4.90 Å². The maximum Gasteiger partial charge on any atom is 0.282 e. The highest BCUT2D eigenvalue weighted by Crippen LogP contribution is 2.35. The zero-order valence-electron chi connectivity index (χ0n) is 15.4. The standard InChI is InChI=1S/C23H16Cl2N2O2/c1-14-18(25)8-5-9-19(14)26-21-20(15-6-3-2-4-7-15)22(28)27(23(21)29)17-12-10-16(24)11-13-17/h2-13,26H,1H3. The number of nitrogens with one attached hydrogen (secondary N) is 1. The first-order chi connectivity index (χ1) is 14.0. The molecular weight excluding hydrogens is 407 g/mol. The SMILES string of the molecule is Cc1c(Cl)cccc1NC1=C(c2ccccc2)C(=O)N(c2ccc(Cl)cc2)C1=O. The fraction of sp³-hybridized carbons (Fsp3) is 0.0435. The lowest BCUT2D eigenvalue weighted by Gasteiger charge is -2.16. The molecule has 4 nitrogen and oxygen atoms in total. The minimum Gasteiger partial charge on any atom is -0.350 e. The number of benzene rings is 3. The van der Waals surface area contributed by atoms with E-state index in [0.717, 1.165) is 10.5 Å². The molecule has 1 aliphatic rings. The number of anilines is 2. The van der Waals surface area contributed by atoms with E-state index >= 15 is 0 Å². The smallest absolute Gasteiger partial charge is 0.282 e. The van der Waals surface area contributed by atoms with Crippen LogP contribution in [-0.2, 0) is 9.59 Å². The maximum absolute atomic E-state index is 13.3. The molecule has 0 saturated heterocycles. The Bertz CT molecular complexity index is 1140. The van der Waals surface area contributed by atoms with Gasteiger partial charge in [0.2, 0.25) is 0 Å². The summed E-state index contributed by atoms with van der Waals surface area (Å²) in [5, 5.41) is 4.24. The van der Waals surface area contributed by atoms with Crippen molar-refractivity contribution in [3.05, 3.63) is 99.7 Å². The fourth-order valence-electron chi connectivity index (χ4n) is 3.22. The molecule has 2 amide bonds. The van der Waals surface area contributed by atoms with Crippen molar-refractivity contribution in [2.75, 3.05) is 10.2 Å². The van der Waals surface area contributed by atoms with Gasteiger partial charge in [-0.3, -0.25) is 9.59 Å². The van der Waals surface area contributed by atoms with Crippen LogP contribution in [-0.4, -0.2) is 11.8 Å². The molecule has 0 bridgehead atoms. The van der Waals surface area contributed by atoms with E-state index in [0.29, 0.717) is 32.6 Å². The number of nitrogens with zero attached hydrogens (tertiary/aromatic N) is 1. The zero-order valence-corrected chi connectivity index (χ0v) is 17.0. The van der Waals surface area contributed by atoms with E-state index in [1.807, 2.05) is 31.2 Å². The number of hydrogen-bond donors (Lipinski definition) is 1. The summed E-state index contributed by atoms with van der Waals surface area (Å²) in [5.74, 6) is -0.832. The maximum atomic E-state index is 13.3. The Morgan fingerprint density at radius 1 is 0.793 bits per heavy atom. The van der Waals surface area contributed by atoms with Crippen molar-refractivity contribution in [3.63, 3.8) is 0 Å². The Morgan fingerprint density at radius 2 is 1.48 bits per heavy atom. The average Bonchev–Trinajstić information content (AvgIpc) is 2.96. The number of carbonyl (C=O) groups excluding carboxylic acids is 2. The van der Waals surface area contributed by atoms with Gasteiger partial charge in [-0.1, -0.05) is 59.6 Å². The lowest BCUT2D eigenvalue weighted by molar-refractivity contribution is -0.120. The van der Waals surface area contributed by atoms with Crippen molar-refractivity contribution in [3.8, 4) is 0 Å². The molecule has 6 heteroatoms. The summed E-state index contributed by atoms with van der Waals surface area (Å²) in [6.45, 7) is 1.85. The molecule has 0 unspecified atom stereocenters. The minimum atomic E-state index is -0.435. The first-order valence-corrected chi connectivity index (χ1v) is 9.69. The predicted molar refractivity (Wildman–Crippen MR) is 117 cm³/mol. The van der Waals surface area contributed by atoms with Crippen LogP contribution in [0.4, 0.5) is 11.4 Å². The van der Waals surface area contributed by atoms with Crippen molar-refractivity contribution in [2.24, 2.45) is 0 Å². The van der Waals surface area contributed by atoms with Gasteiger partial charge < -0.3 is 5.32 Å². The highest BCUT2D eigenvalue weighted by molar-refractivity contribution is 6.46. The highest BCUT2D eigenvalue weighted by Gasteiger charge is 2.40. The summed E-state index contributed by atoms with van der Waals surface area (Å²) in [5.41, 5.74) is 3.09. The van der Waals surface area contributed by atoms with E-state index in [1.54, 1.807) is 48.5 Å². The molecule has 1 heterocycles. The van der Waals surface area contributed by atoms with Gasteiger partial charge >= 0.3 is 0 Å². The van der Waals surface area contributed by atoms with Crippen LogP contribution in [0.2, 0.25) is 10.0 Å². The van der Waals surface area contributed by atoms with Gasteiger partial charge in [0.05, 0.1) is 11.3 Å². The van der Waals surface area contributed by atoms with Crippen LogP contribution in [0.5, 0.6) is 0 Å². The van der Waals surface area contributed by atoms with E-state index in [2.05, 4.69) is 5.32 Å². The second-order valence-electron chi connectivity index (χ2n) is 6.58. The number of halogens is 2. The number of carbonyl (C=O) groups is 2. The van der Waals surface area contributed by atoms with Crippen molar-refractivity contribution in [2.45, 2.75) is 6.92 Å². The van der Waals surface area contributed by atoms with Gasteiger partial charge in [-0.2, -0.15) is 0 Å². The molecular formula is C23H16Cl2N2O2. The lowest BCUT2D eigenvalue weighted by atomic mass is 10.0. The molecule has 1 N–H and O–H groups in total. The van der Waals surface area contributed by atoms with Crippen LogP contribution >= 0.6 is 23.2 Å². The normalized spacial score (nSPS) is 14.0. The number of amides is 2. The van der Waals surface area contributed by atoms with Crippen LogP contribution in [0.15, 0.2) is 78.5 Å². The first kappa shape index (κ1) is 19.2. The molecule has 1 aliphatic heterocycles. The third kappa shape index (κ3) is 3.53. The van der Waals surface area contributed by atoms with Crippen LogP contribution in [0.3, 0.4) is 0 Å². The van der Waals surface area contributed by atoms with E-state index in [-0.39, 0.29) is 5.70 Å². The summed E-state index contributed by atoms with van der Waals surface area (Å²) >= 11 is 12.2. The van der Waals surface area contributed by atoms with Crippen molar-refractivity contribution in [1.29, 1.82) is 0 Å². The van der Waals surface area contributed by atoms with Gasteiger partial charge in [-0.05, 0) is 54.4 Å². The van der Waals surface area contributed by atoms with Gasteiger partial charge in [0.15, 0.2) is 0 Å². The second-order valence-corrected chi connectivity index (χ2v) is 7.42. The summed E-state index contributed by atoms with van der Waals surface area (Å²) in [6.07, 6.45) is 0. The highest BCUT2D eigenvalue weighted by atomic mass is 35.5. The molecule has 0 spiro atoms. The van der Waals surface area contributed by atoms with Crippen LogP contribution in [0, 0.1) is 6.92 Å². The van der Waals surface area contributed by atoms with E-state index < -0.39 is 11.8 Å². The molecule has 0 radical (unpaired) electrons. The van der Waals surface area contributed by atoms with Crippen molar-refractivity contribution < 1.29 is 9.59 Å². The molecule has 4 rings (SSSR count). The van der Waals surface area contributed by atoms with Crippen LogP contribution in [0.1, 0.15) is 11.1 Å².